The molecule has 1 N–H and O–H groups in total. The Labute approximate surface area is 233 Å². The van der Waals surface area contributed by atoms with Gasteiger partial charge in [-0.2, -0.15) is 26.3 Å². The second-order valence-electron chi connectivity index (χ2n) is 10.1. The molecule has 2 aromatic rings. The molecule has 4 rings (SSSR count). The second-order valence-corrected chi connectivity index (χ2v) is 10.9. The lowest BCUT2D eigenvalue weighted by Crippen LogP contribution is -2.49. The molecule has 0 aromatic heterocycles. The largest absolute Gasteiger partial charge is 0.416 e. The first-order valence-corrected chi connectivity index (χ1v) is 13.6. The SMILES string of the molecule is O=C(NCC(c1ccc(Cl)c(Cl)c1)N1CCC(N2CCCCC2)CC1)c1cc(C(F)(F)F)cc(C(F)(F)F)c1. The highest BCUT2D eigenvalue weighted by atomic mass is 35.5. The van der Waals surface area contributed by atoms with Gasteiger partial charge in [-0.05, 0) is 74.7 Å². The molecule has 39 heavy (non-hydrogen) atoms. The van der Waals surface area contributed by atoms with Gasteiger partial charge < -0.3 is 10.2 Å². The Hall–Kier alpha value is -2.01. The molecule has 2 fully saturated rings. The summed E-state index contributed by atoms with van der Waals surface area (Å²) in [6, 6.07) is 5.97. The summed E-state index contributed by atoms with van der Waals surface area (Å²) < 4.78 is 79.7. The van der Waals surface area contributed by atoms with Gasteiger partial charge in [0, 0.05) is 31.2 Å². The van der Waals surface area contributed by atoms with Crippen molar-refractivity contribution in [3.8, 4) is 0 Å². The average Bonchev–Trinajstić information content (AvgIpc) is 2.90. The number of alkyl halides is 6. The lowest BCUT2D eigenvalue weighted by Gasteiger charge is -2.43. The highest BCUT2D eigenvalue weighted by Gasteiger charge is 2.38. The predicted molar refractivity (Wildman–Crippen MR) is 138 cm³/mol. The molecule has 2 aliphatic rings. The van der Waals surface area contributed by atoms with Crippen molar-refractivity contribution >= 4 is 29.1 Å². The maximum absolute atomic E-state index is 13.3. The Morgan fingerprint density at radius 2 is 1.44 bits per heavy atom. The van der Waals surface area contributed by atoms with Crippen LogP contribution in [0.1, 0.15) is 65.2 Å². The van der Waals surface area contributed by atoms with Crippen molar-refractivity contribution < 1.29 is 31.1 Å². The summed E-state index contributed by atoms with van der Waals surface area (Å²) in [6.07, 6.45) is -4.66. The number of halogens is 8. The summed E-state index contributed by atoms with van der Waals surface area (Å²) in [4.78, 5) is 17.6. The summed E-state index contributed by atoms with van der Waals surface area (Å²) in [5.74, 6) is -1.03. The Morgan fingerprint density at radius 1 is 0.846 bits per heavy atom. The lowest BCUT2D eigenvalue weighted by atomic mass is 9.96. The van der Waals surface area contributed by atoms with Crippen LogP contribution in [0.4, 0.5) is 26.3 Å². The smallest absolute Gasteiger partial charge is 0.350 e. The summed E-state index contributed by atoms with van der Waals surface area (Å²) in [6.45, 7) is 3.54. The molecular formula is C27H29Cl2F6N3O. The van der Waals surface area contributed by atoms with Gasteiger partial charge in [0.15, 0.2) is 0 Å². The maximum Gasteiger partial charge on any atom is 0.416 e. The first-order chi connectivity index (χ1) is 18.3. The van der Waals surface area contributed by atoms with Crippen molar-refractivity contribution in [2.75, 3.05) is 32.7 Å². The molecule has 1 unspecified atom stereocenters. The minimum Gasteiger partial charge on any atom is -0.350 e. The van der Waals surface area contributed by atoms with Crippen LogP contribution < -0.4 is 5.32 Å². The highest BCUT2D eigenvalue weighted by molar-refractivity contribution is 6.42. The molecule has 2 aliphatic heterocycles. The molecule has 0 aliphatic carbocycles. The molecule has 2 aromatic carbocycles. The number of nitrogens with one attached hydrogen (secondary N) is 1. The average molecular weight is 596 g/mol. The molecule has 4 nitrogen and oxygen atoms in total. The monoisotopic (exact) mass is 595 g/mol. The van der Waals surface area contributed by atoms with E-state index in [0.717, 1.165) is 31.5 Å². The van der Waals surface area contributed by atoms with E-state index in [9.17, 15) is 31.1 Å². The second kappa shape index (κ2) is 12.2. The number of amides is 1. The highest BCUT2D eigenvalue weighted by Crippen LogP contribution is 2.37. The number of likely N-dealkylation sites (tertiary alicyclic amines) is 2. The summed E-state index contributed by atoms with van der Waals surface area (Å²) in [7, 11) is 0. The van der Waals surface area contributed by atoms with Crippen LogP contribution in [0.25, 0.3) is 0 Å². The van der Waals surface area contributed by atoms with Crippen LogP contribution in [-0.2, 0) is 12.4 Å². The number of carbonyl (C=O) groups excluding carboxylic acids is 1. The summed E-state index contributed by atoms with van der Waals surface area (Å²) in [5, 5.41) is 3.21. The number of hydrogen-bond acceptors (Lipinski definition) is 3. The van der Waals surface area contributed by atoms with Crippen molar-refractivity contribution in [1.29, 1.82) is 0 Å². The molecule has 1 amide bonds. The van der Waals surface area contributed by atoms with Crippen LogP contribution in [0.3, 0.4) is 0 Å². The normalized spacial score (nSPS) is 19.2. The molecule has 2 saturated heterocycles. The van der Waals surface area contributed by atoms with Crippen molar-refractivity contribution in [1.82, 2.24) is 15.1 Å². The third-order valence-corrected chi connectivity index (χ3v) is 8.22. The van der Waals surface area contributed by atoms with Gasteiger partial charge in [0.25, 0.3) is 5.91 Å². The molecule has 12 heteroatoms. The Balaban J connectivity index is 1.53. The first-order valence-electron chi connectivity index (χ1n) is 12.8. The van der Waals surface area contributed by atoms with Crippen molar-refractivity contribution in [2.24, 2.45) is 0 Å². The Bertz CT molecular complexity index is 1130. The Morgan fingerprint density at radius 3 is 1.97 bits per heavy atom. The fourth-order valence-corrected chi connectivity index (χ4v) is 5.71. The van der Waals surface area contributed by atoms with Crippen LogP contribution in [0.5, 0.6) is 0 Å². The standard InChI is InChI=1S/C27H29Cl2F6N3O/c28-22-5-4-17(14-23(22)29)24(38-10-6-21(7-11-38)37-8-2-1-3-9-37)16-36-25(39)18-12-19(26(30,31)32)15-20(13-18)27(33,34)35/h4-5,12-15,21,24H,1-3,6-11,16H2,(H,36,39). The van der Waals surface area contributed by atoms with Gasteiger partial charge in [-0.15, -0.1) is 0 Å². The number of benzene rings is 2. The van der Waals surface area contributed by atoms with E-state index in [4.69, 9.17) is 23.2 Å². The molecule has 0 saturated carbocycles. The fraction of sp³-hybridized carbons (Fsp3) is 0.519. The maximum atomic E-state index is 13.3. The first kappa shape index (κ1) is 30.0. The lowest BCUT2D eigenvalue weighted by molar-refractivity contribution is -0.143. The zero-order chi connectivity index (χ0) is 28.4. The van der Waals surface area contributed by atoms with E-state index in [0.29, 0.717) is 41.3 Å². The van der Waals surface area contributed by atoms with Crippen molar-refractivity contribution in [3.05, 3.63) is 68.7 Å². The quantitative estimate of drug-likeness (QED) is 0.352. The van der Waals surface area contributed by atoms with Crippen LogP contribution in [0.2, 0.25) is 10.0 Å². The third kappa shape index (κ3) is 7.60. The topological polar surface area (TPSA) is 35.6 Å². The Kier molecular flexibility index (Phi) is 9.41. The number of rotatable bonds is 6. The number of hydrogen-bond donors (Lipinski definition) is 1. The molecule has 0 radical (unpaired) electrons. The van der Waals surface area contributed by atoms with Gasteiger partial charge in [-0.3, -0.25) is 9.69 Å². The van der Waals surface area contributed by atoms with E-state index in [1.165, 1.54) is 19.3 Å². The van der Waals surface area contributed by atoms with E-state index < -0.39 is 41.0 Å². The number of piperidine rings is 2. The van der Waals surface area contributed by atoms with Crippen LogP contribution in [0, 0.1) is 0 Å². The van der Waals surface area contributed by atoms with Gasteiger partial charge in [0.05, 0.1) is 27.2 Å². The van der Waals surface area contributed by atoms with Crippen molar-refractivity contribution in [3.63, 3.8) is 0 Å². The zero-order valence-electron chi connectivity index (χ0n) is 21.0. The summed E-state index contributed by atoms with van der Waals surface area (Å²) in [5.41, 5.74) is -3.05. The fourth-order valence-electron chi connectivity index (χ4n) is 5.40. The van der Waals surface area contributed by atoms with Gasteiger partial charge in [-0.25, -0.2) is 0 Å². The van der Waals surface area contributed by atoms with Gasteiger partial charge in [0.2, 0.25) is 0 Å². The van der Waals surface area contributed by atoms with Gasteiger partial charge in [0.1, 0.15) is 0 Å². The number of carbonyl (C=O) groups is 1. The number of nitrogens with zero attached hydrogens (tertiary/aromatic N) is 2. The van der Waals surface area contributed by atoms with Crippen LogP contribution in [0.15, 0.2) is 36.4 Å². The minimum atomic E-state index is -5.04. The van der Waals surface area contributed by atoms with E-state index >= 15 is 0 Å². The molecule has 1 atom stereocenters. The van der Waals surface area contributed by atoms with Crippen molar-refractivity contribution in [2.45, 2.75) is 56.5 Å². The summed E-state index contributed by atoms with van der Waals surface area (Å²) >= 11 is 12.3. The van der Waals surface area contributed by atoms with Crippen LogP contribution in [-0.4, -0.2) is 54.5 Å². The molecule has 2 heterocycles. The van der Waals surface area contributed by atoms with E-state index in [2.05, 4.69) is 15.1 Å². The van der Waals surface area contributed by atoms with E-state index in [1.54, 1.807) is 18.2 Å². The minimum absolute atomic E-state index is 0.00177. The van der Waals surface area contributed by atoms with Crippen LogP contribution >= 0.6 is 23.2 Å². The molecule has 0 spiro atoms. The van der Waals surface area contributed by atoms with E-state index in [-0.39, 0.29) is 12.6 Å². The van der Waals surface area contributed by atoms with Gasteiger partial charge in [-0.1, -0.05) is 35.7 Å². The van der Waals surface area contributed by atoms with Gasteiger partial charge >= 0.3 is 12.4 Å². The third-order valence-electron chi connectivity index (χ3n) is 7.48. The molecule has 214 valence electrons. The predicted octanol–water partition coefficient (Wildman–Crippen LogP) is 7.45. The van der Waals surface area contributed by atoms with E-state index in [1.807, 2.05) is 0 Å². The zero-order valence-corrected chi connectivity index (χ0v) is 22.5. The molecule has 0 bridgehead atoms. The molecular weight excluding hydrogens is 567 g/mol.